The molecule has 4 rings (SSSR count). The van der Waals surface area contributed by atoms with Crippen LogP contribution < -0.4 is 9.46 Å². The Balaban J connectivity index is 1.59. The summed E-state index contributed by atoms with van der Waals surface area (Å²) in [4.78, 5) is 39.5. The van der Waals surface area contributed by atoms with Crippen molar-refractivity contribution in [3.63, 3.8) is 0 Å². The zero-order chi connectivity index (χ0) is 28.0. The van der Waals surface area contributed by atoms with E-state index >= 15 is 0 Å². The molecule has 0 aromatic heterocycles. The minimum absolute atomic E-state index is 0.0208. The van der Waals surface area contributed by atoms with E-state index in [2.05, 4.69) is 4.72 Å². The fraction of sp³-hybridized carbons (Fsp3) is 0.276. The normalized spacial score (nSPS) is 13.6. The number of carbonyl (C=O) groups is 3. The van der Waals surface area contributed by atoms with Gasteiger partial charge >= 0.3 is 5.97 Å². The van der Waals surface area contributed by atoms with Crippen molar-refractivity contribution in [1.29, 1.82) is 0 Å². The van der Waals surface area contributed by atoms with Gasteiger partial charge in [-0.3, -0.25) is 19.2 Å². The molecule has 3 aromatic carbocycles. The zero-order valence-electron chi connectivity index (χ0n) is 21.8. The average molecular weight is 551 g/mol. The molecule has 0 saturated heterocycles. The second kappa shape index (κ2) is 12.1. The molecule has 1 heterocycles. The minimum Gasteiger partial charge on any atom is -0.491 e. The number of carbonyl (C=O) groups excluding carboxylic acids is 3. The fourth-order valence-corrected chi connectivity index (χ4v) is 5.35. The number of benzene rings is 3. The number of unbranched alkanes of at least 4 members (excludes halogenated alkanes) is 1. The van der Waals surface area contributed by atoms with E-state index in [0.29, 0.717) is 6.42 Å². The molecule has 0 bridgehead atoms. The summed E-state index contributed by atoms with van der Waals surface area (Å²) in [5.74, 6) is -2.00. The molecule has 1 N–H and O–H groups in total. The van der Waals surface area contributed by atoms with Crippen LogP contribution in [0.2, 0.25) is 0 Å². The number of hydrogen-bond donors (Lipinski definition) is 1. The lowest BCUT2D eigenvalue weighted by Crippen LogP contribution is -2.43. The van der Waals surface area contributed by atoms with Crippen LogP contribution in [0.3, 0.4) is 0 Å². The lowest BCUT2D eigenvalue weighted by Gasteiger charge is -2.20. The number of hydrogen-bond acceptors (Lipinski definition) is 7. The Morgan fingerprint density at radius 2 is 1.54 bits per heavy atom. The van der Waals surface area contributed by atoms with Crippen LogP contribution in [0.5, 0.6) is 5.75 Å². The number of esters is 1. The molecule has 1 atom stereocenters. The Labute approximate surface area is 227 Å². The SMILES string of the molecule is CCOC(=O)C(C)N1C(=O)c2cc(NS(=O)(=O)c3ccccc3)c(OCCCCc3ccccc3)cc2C1=O. The lowest BCUT2D eigenvalue weighted by molar-refractivity contribution is -0.147. The van der Waals surface area contributed by atoms with Gasteiger partial charge in [0.15, 0.2) is 0 Å². The van der Waals surface area contributed by atoms with Gasteiger partial charge in [0, 0.05) is 0 Å². The average Bonchev–Trinajstić information content (AvgIpc) is 3.17. The van der Waals surface area contributed by atoms with Gasteiger partial charge in [0.2, 0.25) is 0 Å². The Bertz CT molecular complexity index is 1460. The standard InChI is InChI=1S/C29H30N2O7S/c1-3-37-29(34)20(2)31-27(32)23-18-25(30-39(35,36)22-15-8-5-9-16-22)26(19-24(23)28(31)33)38-17-11-10-14-21-12-6-4-7-13-21/h4-9,12-13,15-16,18-20,30H,3,10-11,14,17H2,1-2H3. The van der Waals surface area contributed by atoms with Crippen molar-refractivity contribution in [2.75, 3.05) is 17.9 Å². The van der Waals surface area contributed by atoms with Crippen LogP contribution in [0.25, 0.3) is 0 Å². The van der Waals surface area contributed by atoms with E-state index in [1.807, 2.05) is 30.3 Å². The van der Waals surface area contributed by atoms with Crippen LogP contribution >= 0.6 is 0 Å². The lowest BCUT2D eigenvalue weighted by atomic mass is 10.1. The second-order valence-corrected chi connectivity index (χ2v) is 10.7. The first-order valence-corrected chi connectivity index (χ1v) is 14.2. The molecule has 10 heteroatoms. The molecule has 1 aliphatic heterocycles. The van der Waals surface area contributed by atoms with Gasteiger partial charge in [-0.05, 0) is 62.9 Å². The van der Waals surface area contributed by atoms with Crippen molar-refractivity contribution in [3.8, 4) is 5.75 Å². The van der Waals surface area contributed by atoms with Gasteiger partial charge in [-0.2, -0.15) is 0 Å². The molecule has 9 nitrogen and oxygen atoms in total. The first-order valence-electron chi connectivity index (χ1n) is 12.7. The maximum atomic E-state index is 13.2. The summed E-state index contributed by atoms with van der Waals surface area (Å²) in [5.41, 5.74) is 1.22. The summed E-state index contributed by atoms with van der Waals surface area (Å²) in [6.07, 6.45) is 2.37. The van der Waals surface area contributed by atoms with Gasteiger partial charge in [-0.15, -0.1) is 0 Å². The van der Waals surface area contributed by atoms with E-state index in [9.17, 15) is 22.8 Å². The van der Waals surface area contributed by atoms with Gasteiger partial charge < -0.3 is 9.47 Å². The molecule has 1 aliphatic rings. The van der Waals surface area contributed by atoms with Crippen LogP contribution in [0.15, 0.2) is 77.7 Å². The van der Waals surface area contributed by atoms with Crippen LogP contribution in [0.1, 0.15) is 53.0 Å². The van der Waals surface area contributed by atoms with E-state index in [0.717, 1.165) is 17.7 Å². The quantitative estimate of drug-likeness (QED) is 0.201. The molecule has 0 fully saturated rings. The zero-order valence-corrected chi connectivity index (χ0v) is 22.6. The Kier molecular flexibility index (Phi) is 8.65. The van der Waals surface area contributed by atoms with Crippen molar-refractivity contribution in [3.05, 3.63) is 89.5 Å². The molecule has 204 valence electrons. The van der Waals surface area contributed by atoms with Crippen molar-refractivity contribution in [2.45, 2.75) is 44.0 Å². The Hall–Kier alpha value is -4.18. The van der Waals surface area contributed by atoms with Crippen LogP contribution in [0.4, 0.5) is 5.69 Å². The van der Waals surface area contributed by atoms with Crippen LogP contribution in [0, 0.1) is 0 Å². The number of ether oxygens (including phenoxy) is 2. The van der Waals surface area contributed by atoms with Gasteiger partial charge in [0.1, 0.15) is 11.8 Å². The van der Waals surface area contributed by atoms with Gasteiger partial charge in [0.05, 0.1) is 34.9 Å². The van der Waals surface area contributed by atoms with Crippen LogP contribution in [-0.2, 0) is 26.0 Å². The fourth-order valence-electron chi connectivity index (χ4n) is 4.27. The number of sulfonamides is 1. The van der Waals surface area contributed by atoms with E-state index in [1.165, 1.54) is 36.8 Å². The molecule has 39 heavy (non-hydrogen) atoms. The summed E-state index contributed by atoms with van der Waals surface area (Å²) in [6, 6.07) is 19.3. The number of imide groups is 1. The number of fused-ring (bicyclic) bond motifs is 1. The summed E-state index contributed by atoms with van der Waals surface area (Å²) in [7, 11) is -4.02. The van der Waals surface area contributed by atoms with E-state index in [1.54, 1.807) is 25.1 Å². The van der Waals surface area contributed by atoms with Gasteiger partial charge in [0.25, 0.3) is 21.8 Å². The first-order chi connectivity index (χ1) is 18.7. The highest BCUT2D eigenvalue weighted by Gasteiger charge is 2.42. The summed E-state index contributed by atoms with van der Waals surface area (Å²) < 4.78 is 39.6. The predicted molar refractivity (Wildman–Crippen MR) is 145 cm³/mol. The topological polar surface area (TPSA) is 119 Å². The summed E-state index contributed by atoms with van der Waals surface area (Å²) in [5, 5.41) is 0. The highest BCUT2D eigenvalue weighted by molar-refractivity contribution is 7.92. The largest absolute Gasteiger partial charge is 0.491 e. The van der Waals surface area contributed by atoms with E-state index in [4.69, 9.17) is 9.47 Å². The molecular formula is C29H30N2O7S. The maximum Gasteiger partial charge on any atom is 0.329 e. The highest BCUT2D eigenvalue weighted by atomic mass is 32.2. The monoisotopic (exact) mass is 550 g/mol. The molecule has 2 amide bonds. The van der Waals surface area contributed by atoms with Crippen molar-refractivity contribution >= 4 is 33.5 Å². The molecule has 0 spiro atoms. The molecule has 3 aromatic rings. The summed E-state index contributed by atoms with van der Waals surface area (Å²) >= 11 is 0. The summed E-state index contributed by atoms with van der Waals surface area (Å²) in [6.45, 7) is 3.39. The number of rotatable bonds is 12. The number of nitrogens with one attached hydrogen (secondary N) is 1. The van der Waals surface area contributed by atoms with E-state index < -0.39 is 33.8 Å². The van der Waals surface area contributed by atoms with E-state index in [-0.39, 0.29) is 40.7 Å². The van der Waals surface area contributed by atoms with Gasteiger partial charge in [-0.1, -0.05) is 48.5 Å². The second-order valence-electron chi connectivity index (χ2n) is 9.01. The maximum absolute atomic E-state index is 13.2. The highest BCUT2D eigenvalue weighted by Crippen LogP contribution is 2.36. The first kappa shape index (κ1) is 27.8. The third-order valence-electron chi connectivity index (χ3n) is 6.29. The number of anilines is 1. The van der Waals surface area contributed by atoms with Crippen molar-refractivity contribution < 1.29 is 32.3 Å². The molecule has 1 unspecified atom stereocenters. The smallest absolute Gasteiger partial charge is 0.329 e. The Morgan fingerprint density at radius 3 is 2.18 bits per heavy atom. The molecular weight excluding hydrogens is 520 g/mol. The van der Waals surface area contributed by atoms with Gasteiger partial charge in [-0.25, -0.2) is 13.2 Å². The number of amides is 2. The molecule has 0 saturated carbocycles. The third kappa shape index (κ3) is 6.28. The predicted octanol–water partition coefficient (Wildman–Crippen LogP) is 4.44. The number of aryl methyl sites for hydroxylation is 1. The van der Waals surface area contributed by atoms with Crippen LogP contribution in [-0.4, -0.2) is 50.4 Å². The Morgan fingerprint density at radius 1 is 0.923 bits per heavy atom. The number of nitrogens with zero attached hydrogens (tertiary/aromatic N) is 1. The molecule has 0 aliphatic carbocycles. The van der Waals surface area contributed by atoms with Crippen molar-refractivity contribution in [1.82, 2.24) is 4.90 Å². The minimum atomic E-state index is -4.02. The van der Waals surface area contributed by atoms with Crippen molar-refractivity contribution in [2.24, 2.45) is 0 Å². The molecule has 0 radical (unpaired) electrons. The third-order valence-corrected chi connectivity index (χ3v) is 7.67.